The second kappa shape index (κ2) is 6.11. The lowest BCUT2D eigenvalue weighted by atomic mass is 10.3. The summed E-state index contributed by atoms with van der Waals surface area (Å²) in [5.41, 5.74) is 0. The summed E-state index contributed by atoms with van der Waals surface area (Å²) >= 11 is 7.33. The van der Waals surface area contributed by atoms with Crippen molar-refractivity contribution in [2.24, 2.45) is 0 Å². The van der Waals surface area contributed by atoms with Crippen LogP contribution >= 0.6 is 23.4 Å². The normalized spacial score (nSPS) is 10.6. The standard InChI is InChI=1S/C13H10ClN5OS/c1-20-9-4-2-5-10(8-9)21-13-17-11(14)16-12(18-13)19-7-3-6-15-19/h2-8H,1H3. The highest BCUT2D eigenvalue weighted by Crippen LogP contribution is 2.28. The Hall–Kier alpha value is -2.12. The number of hydrogen-bond acceptors (Lipinski definition) is 6. The molecule has 0 spiro atoms. The molecular formula is C13H10ClN5OS. The van der Waals surface area contributed by atoms with Crippen LogP contribution in [0.1, 0.15) is 0 Å². The number of benzene rings is 1. The van der Waals surface area contributed by atoms with Crippen molar-refractivity contribution in [2.45, 2.75) is 10.1 Å². The van der Waals surface area contributed by atoms with Gasteiger partial charge in [-0.3, -0.25) is 0 Å². The highest BCUT2D eigenvalue weighted by atomic mass is 35.5. The van der Waals surface area contributed by atoms with Crippen LogP contribution in [0.5, 0.6) is 5.75 Å². The average Bonchev–Trinajstić information content (AvgIpc) is 3.01. The molecule has 0 saturated heterocycles. The van der Waals surface area contributed by atoms with Gasteiger partial charge in [0.1, 0.15) is 5.75 Å². The molecule has 0 amide bonds. The van der Waals surface area contributed by atoms with Crippen molar-refractivity contribution in [1.29, 1.82) is 0 Å². The first-order chi connectivity index (χ1) is 10.2. The van der Waals surface area contributed by atoms with Crippen LogP contribution in [0.2, 0.25) is 5.28 Å². The zero-order valence-electron chi connectivity index (χ0n) is 11.0. The van der Waals surface area contributed by atoms with E-state index in [4.69, 9.17) is 16.3 Å². The van der Waals surface area contributed by atoms with Crippen LogP contribution in [0.3, 0.4) is 0 Å². The third-order valence-corrected chi connectivity index (χ3v) is 3.56. The maximum atomic E-state index is 5.95. The van der Waals surface area contributed by atoms with Crippen molar-refractivity contribution in [1.82, 2.24) is 24.7 Å². The van der Waals surface area contributed by atoms with Gasteiger partial charge in [0.25, 0.3) is 5.95 Å². The van der Waals surface area contributed by atoms with E-state index in [1.54, 1.807) is 25.6 Å². The van der Waals surface area contributed by atoms with E-state index in [0.717, 1.165) is 10.6 Å². The molecule has 0 aliphatic heterocycles. The molecule has 2 heterocycles. The second-order valence-electron chi connectivity index (χ2n) is 3.92. The Labute approximate surface area is 130 Å². The Kier molecular flexibility index (Phi) is 4.03. The van der Waals surface area contributed by atoms with Crippen molar-refractivity contribution in [3.8, 4) is 11.7 Å². The molecule has 0 N–H and O–H groups in total. The largest absolute Gasteiger partial charge is 0.497 e. The molecule has 0 fully saturated rings. The lowest BCUT2D eigenvalue weighted by Gasteiger charge is -2.05. The van der Waals surface area contributed by atoms with E-state index in [-0.39, 0.29) is 5.28 Å². The van der Waals surface area contributed by atoms with E-state index in [1.165, 1.54) is 16.4 Å². The number of nitrogens with zero attached hydrogens (tertiary/aromatic N) is 5. The topological polar surface area (TPSA) is 65.7 Å². The Morgan fingerprint density at radius 1 is 1.19 bits per heavy atom. The molecule has 0 aliphatic carbocycles. The summed E-state index contributed by atoms with van der Waals surface area (Å²) in [5, 5.41) is 4.70. The fourth-order valence-electron chi connectivity index (χ4n) is 1.63. The van der Waals surface area contributed by atoms with Crippen molar-refractivity contribution in [3.63, 3.8) is 0 Å². The number of halogens is 1. The van der Waals surface area contributed by atoms with Crippen molar-refractivity contribution in [2.75, 3.05) is 7.11 Å². The maximum absolute atomic E-state index is 5.95. The minimum absolute atomic E-state index is 0.126. The Morgan fingerprint density at radius 3 is 2.86 bits per heavy atom. The molecule has 6 nitrogen and oxygen atoms in total. The number of methoxy groups -OCH3 is 1. The Morgan fingerprint density at radius 2 is 2.10 bits per heavy atom. The maximum Gasteiger partial charge on any atom is 0.255 e. The van der Waals surface area contributed by atoms with Crippen molar-refractivity contribution in [3.05, 3.63) is 48.0 Å². The average molecular weight is 320 g/mol. The van der Waals surface area contributed by atoms with E-state index >= 15 is 0 Å². The number of aromatic nitrogens is 5. The second-order valence-corrected chi connectivity index (χ2v) is 5.30. The molecular weight excluding hydrogens is 310 g/mol. The van der Waals surface area contributed by atoms with Crippen LogP contribution in [0.15, 0.2) is 52.8 Å². The van der Waals surface area contributed by atoms with Gasteiger partial charge >= 0.3 is 0 Å². The lowest BCUT2D eigenvalue weighted by Crippen LogP contribution is -2.04. The van der Waals surface area contributed by atoms with E-state index in [0.29, 0.717) is 11.1 Å². The highest BCUT2D eigenvalue weighted by Gasteiger charge is 2.09. The molecule has 0 atom stereocenters. The molecule has 0 saturated carbocycles. The molecule has 0 radical (unpaired) electrons. The summed E-state index contributed by atoms with van der Waals surface area (Å²) in [6.07, 6.45) is 3.39. The first-order valence-electron chi connectivity index (χ1n) is 5.98. The van der Waals surface area contributed by atoms with Crippen LogP contribution in [0, 0.1) is 0 Å². The van der Waals surface area contributed by atoms with Crippen LogP contribution in [0.4, 0.5) is 0 Å². The van der Waals surface area contributed by atoms with Gasteiger partial charge < -0.3 is 4.74 Å². The zero-order valence-corrected chi connectivity index (χ0v) is 12.5. The first kappa shape index (κ1) is 13.8. The van der Waals surface area contributed by atoms with Gasteiger partial charge in [0.2, 0.25) is 5.28 Å². The summed E-state index contributed by atoms with van der Waals surface area (Å²) in [6, 6.07) is 9.40. The van der Waals surface area contributed by atoms with Crippen LogP contribution in [0.25, 0.3) is 5.95 Å². The fraction of sp³-hybridized carbons (Fsp3) is 0.0769. The quantitative estimate of drug-likeness (QED) is 0.736. The van der Waals surface area contributed by atoms with Gasteiger partial charge in [-0.05, 0) is 47.6 Å². The smallest absolute Gasteiger partial charge is 0.255 e. The SMILES string of the molecule is COc1cccc(Sc2nc(Cl)nc(-n3cccn3)n2)c1. The predicted molar refractivity (Wildman–Crippen MR) is 79.1 cm³/mol. The monoisotopic (exact) mass is 319 g/mol. The van der Waals surface area contributed by atoms with Gasteiger partial charge in [-0.1, -0.05) is 6.07 Å². The van der Waals surface area contributed by atoms with E-state index in [9.17, 15) is 0 Å². The van der Waals surface area contributed by atoms with Gasteiger partial charge in [-0.15, -0.1) is 0 Å². The van der Waals surface area contributed by atoms with Gasteiger partial charge in [0, 0.05) is 17.3 Å². The van der Waals surface area contributed by atoms with Gasteiger partial charge in [-0.2, -0.15) is 20.1 Å². The zero-order chi connectivity index (χ0) is 14.7. The van der Waals surface area contributed by atoms with E-state index < -0.39 is 0 Å². The molecule has 106 valence electrons. The first-order valence-corrected chi connectivity index (χ1v) is 7.17. The summed E-state index contributed by atoms with van der Waals surface area (Å²) in [7, 11) is 1.62. The van der Waals surface area contributed by atoms with Gasteiger partial charge in [-0.25, -0.2) is 4.68 Å². The Balaban J connectivity index is 1.91. The number of ether oxygens (including phenoxy) is 1. The van der Waals surface area contributed by atoms with Crippen LogP contribution in [-0.2, 0) is 0 Å². The number of hydrogen-bond donors (Lipinski definition) is 0. The van der Waals surface area contributed by atoms with Gasteiger partial charge in [0.05, 0.1) is 7.11 Å². The van der Waals surface area contributed by atoms with E-state index in [2.05, 4.69) is 20.1 Å². The van der Waals surface area contributed by atoms with Crippen molar-refractivity contribution >= 4 is 23.4 Å². The predicted octanol–water partition coefficient (Wildman–Crippen LogP) is 2.87. The minimum Gasteiger partial charge on any atom is -0.497 e. The Bertz CT molecular complexity index is 750. The van der Waals surface area contributed by atoms with Gasteiger partial charge in [0.15, 0.2) is 5.16 Å². The summed E-state index contributed by atoms with van der Waals surface area (Å²) in [6.45, 7) is 0. The fourth-order valence-corrected chi connectivity index (χ4v) is 2.62. The van der Waals surface area contributed by atoms with E-state index in [1.807, 2.05) is 24.3 Å². The molecule has 3 aromatic rings. The molecule has 1 aromatic carbocycles. The summed E-state index contributed by atoms with van der Waals surface area (Å²) in [5.74, 6) is 1.15. The third-order valence-electron chi connectivity index (χ3n) is 2.54. The minimum atomic E-state index is 0.126. The molecule has 21 heavy (non-hydrogen) atoms. The third kappa shape index (κ3) is 3.32. The summed E-state index contributed by atoms with van der Waals surface area (Å²) < 4.78 is 6.72. The molecule has 8 heteroatoms. The molecule has 0 aliphatic rings. The number of rotatable bonds is 4. The van der Waals surface area contributed by atoms with Crippen LogP contribution in [-0.4, -0.2) is 31.8 Å². The molecule has 3 rings (SSSR count). The molecule has 2 aromatic heterocycles. The van der Waals surface area contributed by atoms with Crippen molar-refractivity contribution < 1.29 is 4.74 Å². The van der Waals surface area contributed by atoms with Crippen LogP contribution < -0.4 is 4.74 Å². The summed E-state index contributed by atoms with van der Waals surface area (Å²) in [4.78, 5) is 13.5. The molecule has 0 unspecified atom stereocenters. The highest BCUT2D eigenvalue weighted by molar-refractivity contribution is 7.99. The lowest BCUT2D eigenvalue weighted by molar-refractivity contribution is 0.413. The molecule has 0 bridgehead atoms.